The van der Waals surface area contributed by atoms with Gasteiger partial charge in [0.1, 0.15) is 0 Å². The van der Waals surface area contributed by atoms with Crippen molar-refractivity contribution in [2.75, 3.05) is 0 Å². The number of nitrogens with two attached hydrogens (primary N) is 2. The van der Waals surface area contributed by atoms with E-state index >= 15 is 0 Å². The molecule has 4 N–H and O–H groups in total. The molecule has 0 saturated heterocycles. The highest BCUT2D eigenvalue weighted by atomic mass is 28.3. The van der Waals surface area contributed by atoms with Gasteiger partial charge in [-0.25, -0.2) is 0 Å². The lowest BCUT2D eigenvalue weighted by Gasteiger charge is -2.33. The Labute approximate surface area is 223 Å². The Morgan fingerprint density at radius 3 is 0.829 bits per heavy atom. The minimum absolute atomic E-state index is 0.00762. The van der Waals surface area contributed by atoms with Gasteiger partial charge >= 0.3 is 47.9 Å². The SMILES string of the molecule is N[Si](N)(CCCCCCC(F)(F)C(F)(F)C(F)(F)C(F)(F)F)CCCCCCC(F)(F)C(F)(F)C(F)(F)C(F)(F)F. The van der Waals surface area contributed by atoms with Crippen molar-refractivity contribution in [3.63, 3.8) is 0 Å². The molecule has 0 aliphatic heterocycles. The third-order valence-corrected chi connectivity index (χ3v) is 8.75. The van der Waals surface area contributed by atoms with Crippen LogP contribution in [0.1, 0.15) is 64.2 Å². The lowest BCUT2D eigenvalue weighted by atomic mass is 9.98. The molecule has 0 saturated carbocycles. The van der Waals surface area contributed by atoms with Crippen molar-refractivity contribution in [2.45, 2.75) is 124 Å². The number of halogens is 18. The maximum absolute atomic E-state index is 13.5. The normalized spacial score (nSPS) is 15.5. The summed E-state index contributed by atoms with van der Waals surface area (Å²) in [5.74, 6) is -38.7. The summed E-state index contributed by atoms with van der Waals surface area (Å²) in [4.78, 5) is 0. The van der Waals surface area contributed by atoms with Gasteiger partial charge in [0.25, 0.3) is 0 Å². The Bertz CT molecular complexity index is 743. The van der Waals surface area contributed by atoms with Crippen molar-refractivity contribution in [3.8, 4) is 0 Å². The Hall–Kier alpha value is -1.12. The summed E-state index contributed by atoms with van der Waals surface area (Å²) in [6.07, 6.45) is -19.9. The minimum Gasteiger partial charge on any atom is -0.339 e. The zero-order chi connectivity index (χ0) is 33.0. The average Bonchev–Trinajstić information content (AvgIpc) is 2.76. The first kappa shape index (κ1) is 39.9. The molecule has 41 heavy (non-hydrogen) atoms. The van der Waals surface area contributed by atoms with E-state index in [2.05, 4.69) is 0 Å². The molecule has 0 radical (unpaired) electrons. The van der Waals surface area contributed by atoms with E-state index in [9.17, 15) is 79.0 Å². The Balaban J connectivity index is 4.47. The molecule has 248 valence electrons. The van der Waals surface area contributed by atoms with Crippen molar-refractivity contribution in [1.82, 2.24) is 0 Å². The van der Waals surface area contributed by atoms with Gasteiger partial charge in [0.2, 0.25) is 0 Å². The Morgan fingerprint density at radius 1 is 0.341 bits per heavy atom. The molecule has 0 aromatic carbocycles. The first-order chi connectivity index (χ1) is 17.9. The fourth-order valence-corrected chi connectivity index (χ4v) is 5.63. The van der Waals surface area contributed by atoms with Crippen molar-refractivity contribution in [3.05, 3.63) is 0 Å². The molecule has 0 aliphatic rings. The van der Waals surface area contributed by atoms with E-state index in [0.29, 0.717) is 0 Å². The fraction of sp³-hybridized carbons (Fsp3) is 1.00. The molecular weight excluding hydrogens is 638 g/mol. The van der Waals surface area contributed by atoms with Crippen LogP contribution in [0.15, 0.2) is 0 Å². The van der Waals surface area contributed by atoms with E-state index in [4.69, 9.17) is 10.8 Å². The highest BCUT2D eigenvalue weighted by Crippen LogP contribution is 2.55. The summed E-state index contributed by atoms with van der Waals surface area (Å²) in [7, 11) is -3.03. The molecule has 2 nitrogen and oxygen atoms in total. The lowest BCUT2D eigenvalue weighted by molar-refractivity contribution is -0.396. The van der Waals surface area contributed by atoms with Crippen LogP contribution in [0, 0.1) is 0 Å². The van der Waals surface area contributed by atoms with E-state index in [0.717, 1.165) is 0 Å². The standard InChI is InChI=1S/C20H28F18N2Si/c21-13(22,15(25,26)17(29,30)19(33,34)35)9-5-1-3-7-11-41(39,40)12-8-4-2-6-10-14(23,24)16(27,28)18(31,32)20(36,37)38/h1-12,39-40H2. The van der Waals surface area contributed by atoms with Gasteiger partial charge in [0.05, 0.1) is 0 Å². The zero-order valence-corrected chi connectivity index (χ0v) is 21.9. The second-order valence-electron chi connectivity index (χ2n) is 9.76. The summed E-state index contributed by atoms with van der Waals surface area (Å²) >= 11 is 0. The van der Waals surface area contributed by atoms with E-state index in [-0.39, 0.29) is 50.6 Å². The maximum Gasteiger partial charge on any atom is 0.460 e. The van der Waals surface area contributed by atoms with Crippen LogP contribution in [-0.4, -0.2) is 56.3 Å². The first-order valence-electron chi connectivity index (χ1n) is 11.9. The zero-order valence-electron chi connectivity index (χ0n) is 20.9. The average molecular weight is 667 g/mol. The topological polar surface area (TPSA) is 52.0 Å². The van der Waals surface area contributed by atoms with Crippen LogP contribution in [-0.2, 0) is 0 Å². The molecule has 0 amide bonds. The molecule has 0 spiro atoms. The monoisotopic (exact) mass is 666 g/mol. The molecule has 0 unspecified atom stereocenters. The van der Waals surface area contributed by atoms with Crippen LogP contribution in [0.4, 0.5) is 79.0 Å². The van der Waals surface area contributed by atoms with Crippen molar-refractivity contribution >= 4 is 8.40 Å². The van der Waals surface area contributed by atoms with Gasteiger partial charge in [-0.2, -0.15) is 79.0 Å². The third kappa shape index (κ3) is 9.43. The van der Waals surface area contributed by atoms with Gasteiger partial charge in [0.15, 0.2) is 8.40 Å². The number of alkyl halides is 18. The Kier molecular flexibility index (Phi) is 12.9. The molecule has 21 heteroatoms. The van der Waals surface area contributed by atoms with Crippen LogP contribution >= 0.6 is 0 Å². The summed E-state index contributed by atoms with van der Waals surface area (Å²) in [5.41, 5.74) is 0. The van der Waals surface area contributed by atoms with Gasteiger partial charge in [-0.1, -0.05) is 38.5 Å². The lowest BCUT2D eigenvalue weighted by Crippen LogP contribution is -2.60. The number of rotatable bonds is 18. The van der Waals surface area contributed by atoms with Gasteiger partial charge < -0.3 is 10.8 Å². The summed E-state index contributed by atoms with van der Waals surface area (Å²) < 4.78 is 230. The van der Waals surface area contributed by atoms with Crippen molar-refractivity contribution in [1.29, 1.82) is 0 Å². The van der Waals surface area contributed by atoms with E-state index in [1.54, 1.807) is 0 Å². The maximum atomic E-state index is 13.5. The van der Waals surface area contributed by atoms with Crippen molar-refractivity contribution < 1.29 is 79.0 Å². The highest BCUT2D eigenvalue weighted by Gasteiger charge is 2.82. The molecule has 0 bridgehead atoms. The largest absolute Gasteiger partial charge is 0.460 e. The van der Waals surface area contributed by atoms with Crippen LogP contribution < -0.4 is 10.8 Å². The van der Waals surface area contributed by atoms with E-state index in [1.807, 2.05) is 0 Å². The quantitative estimate of drug-likeness (QED) is 0.0871. The molecule has 0 aliphatic carbocycles. The van der Waals surface area contributed by atoms with Crippen LogP contribution in [0.5, 0.6) is 0 Å². The van der Waals surface area contributed by atoms with Gasteiger partial charge in [0, 0.05) is 12.8 Å². The smallest absolute Gasteiger partial charge is 0.339 e. The molecular formula is C20H28F18N2Si. The van der Waals surface area contributed by atoms with E-state index < -0.39 is 82.0 Å². The van der Waals surface area contributed by atoms with Gasteiger partial charge in [-0.3, -0.25) is 0 Å². The molecule has 0 rings (SSSR count). The van der Waals surface area contributed by atoms with E-state index in [1.165, 1.54) is 0 Å². The third-order valence-electron chi connectivity index (χ3n) is 6.19. The predicted molar refractivity (Wildman–Crippen MR) is 112 cm³/mol. The molecule has 0 aromatic heterocycles. The molecule has 0 aromatic rings. The summed E-state index contributed by atoms with van der Waals surface area (Å²) in [6, 6.07) is 0.144. The van der Waals surface area contributed by atoms with Crippen LogP contribution in [0.25, 0.3) is 0 Å². The number of unbranched alkanes of at least 4 members (excludes halogenated alkanes) is 6. The van der Waals surface area contributed by atoms with Gasteiger partial charge in [-0.05, 0) is 24.9 Å². The molecule has 0 atom stereocenters. The Morgan fingerprint density at radius 2 is 0.585 bits per heavy atom. The number of hydrogen-bond acceptors (Lipinski definition) is 2. The van der Waals surface area contributed by atoms with Gasteiger partial charge in [-0.15, -0.1) is 0 Å². The van der Waals surface area contributed by atoms with Crippen LogP contribution in [0.2, 0.25) is 12.1 Å². The summed E-state index contributed by atoms with van der Waals surface area (Å²) in [5, 5.41) is 11.7. The fourth-order valence-electron chi connectivity index (χ4n) is 3.56. The minimum atomic E-state index is -6.97. The van der Waals surface area contributed by atoms with Crippen molar-refractivity contribution in [2.24, 2.45) is 10.8 Å². The molecule has 0 heterocycles. The highest BCUT2D eigenvalue weighted by molar-refractivity contribution is 6.73. The summed E-state index contributed by atoms with van der Waals surface area (Å²) in [6.45, 7) is 0. The van der Waals surface area contributed by atoms with Crippen LogP contribution in [0.3, 0.4) is 0 Å². The molecule has 0 fully saturated rings. The second kappa shape index (κ2) is 13.3. The first-order valence-corrected chi connectivity index (χ1v) is 14.5. The predicted octanol–water partition coefficient (Wildman–Crippen LogP) is 9.18. The number of hydrogen-bond donors (Lipinski definition) is 2. The second-order valence-corrected chi connectivity index (χ2v) is 13.2.